The maximum absolute atomic E-state index is 13.4. The Balaban J connectivity index is 0.000000296. The maximum Gasteiger partial charge on any atom is 0.573 e. The van der Waals surface area contributed by atoms with Crippen molar-refractivity contribution in [2.24, 2.45) is 0 Å². The van der Waals surface area contributed by atoms with E-state index in [1.165, 1.54) is 22.9 Å². The Morgan fingerprint density at radius 3 is 2.34 bits per heavy atom. The van der Waals surface area contributed by atoms with E-state index in [1.807, 2.05) is 0 Å². The van der Waals surface area contributed by atoms with Crippen molar-refractivity contribution < 1.29 is 35.5 Å². The molecule has 3 aromatic heterocycles. The zero-order chi connectivity index (χ0) is 29.8. The standard InChI is InChI=1S/C21H21F3N4O2.C7H4F4/c1-13-11-26-16-10-15(14-6-3-2-4-7-14)20(29)28(19(16)27-13)12-17-18(8-5-9-25-17)30-21(22,23)24;8-6-3-1-2-5(4-6)7(9,10)11/h5,8-11,14H,2-4,6-7,12H2,1H3;1-4H. The first kappa shape index (κ1) is 29.9. The molecule has 5 rings (SSSR count). The Hall–Kier alpha value is -4.03. The number of nitrogens with zero attached hydrogens (tertiary/aromatic N) is 4. The number of hydrogen-bond donors (Lipinski definition) is 0. The average molecular weight is 583 g/mol. The maximum atomic E-state index is 13.4. The van der Waals surface area contributed by atoms with Crippen molar-refractivity contribution in [3.63, 3.8) is 0 Å². The summed E-state index contributed by atoms with van der Waals surface area (Å²) < 4.78 is 91.5. The van der Waals surface area contributed by atoms with Crippen molar-refractivity contribution in [2.45, 2.75) is 64.0 Å². The summed E-state index contributed by atoms with van der Waals surface area (Å²) in [4.78, 5) is 26.3. The van der Waals surface area contributed by atoms with E-state index < -0.39 is 29.7 Å². The minimum absolute atomic E-state index is 0.00215. The van der Waals surface area contributed by atoms with Gasteiger partial charge in [0.1, 0.15) is 17.0 Å². The molecule has 218 valence electrons. The largest absolute Gasteiger partial charge is 0.573 e. The molecular weight excluding hydrogens is 557 g/mol. The summed E-state index contributed by atoms with van der Waals surface area (Å²) in [6.45, 7) is 1.55. The van der Waals surface area contributed by atoms with Crippen molar-refractivity contribution in [3.05, 3.63) is 93.5 Å². The van der Waals surface area contributed by atoms with Crippen LogP contribution in [0.4, 0.5) is 30.7 Å². The highest BCUT2D eigenvalue weighted by atomic mass is 19.4. The van der Waals surface area contributed by atoms with Crippen LogP contribution in [0.5, 0.6) is 5.75 Å². The Morgan fingerprint density at radius 2 is 1.71 bits per heavy atom. The van der Waals surface area contributed by atoms with Crippen LogP contribution in [0.25, 0.3) is 11.2 Å². The summed E-state index contributed by atoms with van der Waals surface area (Å²) in [5.74, 6) is -1.20. The molecule has 1 fully saturated rings. The van der Waals surface area contributed by atoms with Crippen LogP contribution in [-0.4, -0.2) is 25.9 Å². The Kier molecular flexibility index (Phi) is 8.93. The third-order valence-electron chi connectivity index (χ3n) is 6.52. The van der Waals surface area contributed by atoms with Gasteiger partial charge < -0.3 is 4.74 Å². The summed E-state index contributed by atoms with van der Waals surface area (Å²) in [5, 5.41) is 0. The quantitative estimate of drug-likeness (QED) is 0.236. The number of halogens is 7. The van der Waals surface area contributed by atoms with Crippen LogP contribution >= 0.6 is 0 Å². The molecular formula is C28H25F7N4O2. The van der Waals surface area contributed by atoms with Gasteiger partial charge in [-0.15, -0.1) is 13.2 Å². The average Bonchev–Trinajstić information content (AvgIpc) is 2.91. The summed E-state index contributed by atoms with van der Waals surface area (Å²) in [6, 6.07) is 7.59. The van der Waals surface area contributed by atoms with E-state index in [9.17, 15) is 35.5 Å². The number of hydrogen-bond acceptors (Lipinski definition) is 5. The molecule has 0 unspecified atom stereocenters. The SMILES string of the molecule is Cc1cnc2cc(C3CCCCC3)c(=O)n(Cc3ncccc3OC(F)(F)F)c2n1.Fc1cccc(C(F)(F)F)c1. The fourth-order valence-corrected chi connectivity index (χ4v) is 4.66. The molecule has 1 aromatic carbocycles. The minimum Gasteiger partial charge on any atom is -0.404 e. The lowest BCUT2D eigenvalue weighted by Gasteiger charge is -2.23. The Bertz CT molecular complexity index is 1560. The molecule has 0 amide bonds. The third kappa shape index (κ3) is 7.80. The minimum atomic E-state index is -4.86. The lowest BCUT2D eigenvalue weighted by atomic mass is 9.84. The van der Waals surface area contributed by atoms with Gasteiger partial charge >= 0.3 is 12.5 Å². The van der Waals surface area contributed by atoms with Gasteiger partial charge in [0.15, 0.2) is 11.4 Å². The van der Waals surface area contributed by atoms with Crippen LogP contribution in [0.1, 0.15) is 60.5 Å². The summed E-state index contributed by atoms with van der Waals surface area (Å²) in [7, 11) is 0. The molecule has 0 radical (unpaired) electrons. The predicted molar refractivity (Wildman–Crippen MR) is 136 cm³/mol. The second-order valence-corrected chi connectivity index (χ2v) is 9.55. The van der Waals surface area contributed by atoms with Crippen LogP contribution < -0.4 is 10.3 Å². The number of ether oxygens (including phenoxy) is 1. The van der Waals surface area contributed by atoms with Gasteiger partial charge in [0.2, 0.25) is 0 Å². The van der Waals surface area contributed by atoms with E-state index in [1.54, 1.807) is 19.2 Å². The van der Waals surface area contributed by atoms with Crippen LogP contribution in [0.15, 0.2) is 59.7 Å². The fourth-order valence-electron chi connectivity index (χ4n) is 4.66. The summed E-state index contributed by atoms with van der Waals surface area (Å²) in [6.07, 6.45) is -1.28. The third-order valence-corrected chi connectivity index (χ3v) is 6.52. The molecule has 0 bridgehead atoms. The van der Waals surface area contributed by atoms with Gasteiger partial charge in [-0.05, 0) is 62.1 Å². The lowest BCUT2D eigenvalue weighted by Crippen LogP contribution is -2.29. The van der Waals surface area contributed by atoms with Crippen molar-refractivity contribution >= 4 is 11.2 Å². The van der Waals surface area contributed by atoms with Crippen LogP contribution in [0, 0.1) is 12.7 Å². The Labute approximate surface area is 229 Å². The molecule has 0 N–H and O–H groups in total. The molecule has 1 aliphatic carbocycles. The van der Waals surface area contributed by atoms with E-state index in [4.69, 9.17) is 0 Å². The predicted octanol–water partition coefficient (Wildman–Crippen LogP) is 7.33. The lowest BCUT2D eigenvalue weighted by molar-refractivity contribution is -0.275. The molecule has 0 atom stereocenters. The summed E-state index contributed by atoms with van der Waals surface area (Å²) >= 11 is 0. The molecule has 6 nitrogen and oxygen atoms in total. The molecule has 1 saturated carbocycles. The monoisotopic (exact) mass is 582 g/mol. The van der Waals surface area contributed by atoms with Gasteiger partial charge in [-0.25, -0.2) is 9.37 Å². The highest BCUT2D eigenvalue weighted by Gasteiger charge is 2.33. The van der Waals surface area contributed by atoms with Gasteiger partial charge in [-0.2, -0.15) is 13.2 Å². The van der Waals surface area contributed by atoms with E-state index in [2.05, 4.69) is 19.7 Å². The fraction of sp³-hybridized carbons (Fsp3) is 0.357. The number of fused-ring (bicyclic) bond motifs is 1. The number of pyridine rings is 2. The topological polar surface area (TPSA) is 69.9 Å². The number of rotatable bonds is 4. The number of benzene rings is 1. The first-order valence-corrected chi connectivity index (χ1v) is 12.7. The molecule has 4 aromatic rings. The van der Waals surface area contributed by atoms with Gasteiger partial charge in [-0.3, -0.25) is 19.3 Å². The zero-order valence-electron chi connectivity index (χ0n) is 21.8. The first-order chi connectivity index (χ1) is 19.3. The molecule has 13 heteroatoms. The van der Waals surface area contributed by atoms with Gasteiger partial charge in [0.25, 0.3) is 5.56 Å². The highest BCUT2D eigenvalue weighted by Crippen LogP contribution is 2.32. The normalized spacial score (nSPS) is 14.4. The van der Waals surface area contributed by atoms with Crippen molar-refractivity contribution in [2.75, 3.05) is 0 Å². The van der Waals surface area contributed by atoms with Gasteiger partial charge in [0, 0.05) is 18.0 Å². The zero-order valence-corrected chi connectivity index (χ0v) is 21.8. The number of aromatic nitrogens is 4. The first-order valence-electron chi connectivity index (χ1n) is 12.7. The van der Waals surface area contributed by atoms with Crippen molar-refractivity contribution in [1.82, 2.24) is 19.5 Å². The highest BCUT2D eigenvalue weighted by molar-refractivity contribution is 5.71. The van der Waals surface area contributed by atoms with Crippen LogP contribution in [-0.2, 0) is 12.7 Å². The molecule has 1 aliphatic rings. The van der Waals surface area contributed by atoms with Crippen molar-refractivity contribution in [1.29, 1.82) is 0 Å². The molecule has 41 heavy (non-hydrogen) atoms. The molecule has 3 heterocycles. The number of aryl methyl sites for hydroxylation is 1. The molecule has 0 spiro atoms. The second kappa shape index (κ2) is 12.2. The van der Waals surface area contributed by atoms with E-state index in [-0.39, 0.29) is 23.7 Å². The number of alkyl halides is 6. The van der Waals surface area contributed by atoms with E-state index in [0.29, 0.717) is 28.5 Å². The molecule has 0 aliphatic heterocycles. The van der Waals surface area contributed by atoms with Crippen LogP contribution in [0.2, 0.25) is 0 Å². The smallest absolute Gasteiger partial charge is 0.404 e. The van der Waals surface area contributed by atoms with Gasteiger partial charge in [0.05, 0.1) is 17.8 Å². The molecule has 0 saturated heterocycles. The van der Waals surface area contributed by atoms with Crippen LogP contribution in [0.3, 0.4) is 0 Å². The van der Waals surface area contributed by atoms with Gasteiger partial charge in [-0.1, -0.05) is 25.3 Å². The summed E-state index contributed by atoms with van der Waals surface area (Å²) in [5.41, 5.74) is 0.874. The van der Waals surface area contributed by atoms with Crippen molar-refractivity contribution in [3.8, 4) is 5.75 Å². The van der Waals surface area contributed by atoms with E-state index >= 15 is 0 Å². The Morgan fingerprint density at radius 1 is 0.976 bits per heavy atom. The van der Waals surface area contributed by atoms with E-state index in [0.717, 1.165) is 50.3 Å². The second-order valence-electron chi connectivity index (χ2n) is 9.55.